The maximum absolute atomic E-state index is 6.24. The Balaban J connectivity index is 1.49. The Labute approximate surface area is 115 Å². The number of anilines is 1. The summed E-state index contributed by atoms with van der Waals surface area (Å²) in [4.78, 5) is 0. The molecule has 1 aliphatic heterocycles. The minimum atomic E-state index is 0.212. The Morgan fingerprint density at radius 1 is 1.21 bits per heavy atom. The van der Waals surface area contributed by atoms with E-state index in [1.54, 1.807) is 0 Å². The molecule has 1 spiro atoms. The summed E-state index contributed by atoms with van der Waals surface area (Å²) in [5.74, 6) is 0.926. The van der Waals surface area contributed by atoms with Crippen molar-refractivity contribution in [1.82, 2.24) is 0 Å². The largest absolute Gasteiger partial charge is 0.491 e. The average Bonchev–Trinajstić information content (AvgIpc) is 3.08. The van der Waals surface area contributed by atoms with Crippen molar-refractivity contribution in [3.05, 3.63) is 24.3 Å². The van der Waals surface area contributed by atoms with E-state index in [9.17, 15) is 0 Å². The highest BCUT2D eigenvalue weighted by Crippen LogP contribution is 2.43. The summed E-state index contributed by atoms with van der Waals surface area (Å²) in [6.45, 7) is 0.681. The lowest BCUT2D eigenvalue weighted by Gasteiger charge is -2.23. The highest BCUT2D eigenvalue weighted by molar-refractivity contribution is 5.45. The van der Waals surface area contributed by atoms with Gasteiger partial charge in [0.05, 0.1) is 11.7 Å². The monoisotopic (exact) mass is 261 g/mol. The van der Waals surface area contributed by atoms with Crippen LogP contribution in [0.1, 0.15) is 38.5 Å². The van der Waals surface area contributed by atoms with Gasteiger partial charge in [-0.1, -0.05) is 12.8 Å². The summed E-state index contributed by atoms with van der Waals surface area (Å²) in [6.07, 6.45) is 7.81. The summed E-state index contributed by atoms with van der Waals surface area (Å²) >= 11 is 0. The molecule has 1 aromatic rings. The molecular weight excluding hydrogens is 238 g/mol. The van der Waals surface area contributed by atoms with Crippen molar-refractivity contribution in [3.8, 4) is 5.75 Å². The van der Waals surface area contributed by atoms with E-state index >= 15 is 0 Å². The number of hydrogen-bond acceptors (Lipinski definition) is 3. The van der Waals surface area contributed by atoms with Gasteiger partial charge < -0.3 is 14.8 Å². The van der Waals surface area contributed by atoms with Crippen LogP contribution in [0.5, 0.6) is 5.75 Å². The minimum Gasteiger partial charge on any atom is -0.491 e. The molecule has 0 radical (unpaired) electrons. The van der Waals surface area contributed by atoms with Crippen LogP contribution in [-0.2, 0) is 4.74 Å². The highest BCUT2D eigenvalue weighted by Gasteiger charge is 2.42. The third-order valence-corrected chi connectivity index (χ3v) is 4.43. The quantitative estimate of drug-likeness (QED) is 0.898. The molecule has 19 heavy (non-hydrogen) atoms. The Morgan fingerprint density at radius 2 is 1.95 bits per heavy atom. The maximum Gasteiger partial charge on any atom is 0.119 e. The number of hydrogen-bond donors (Lipinski definition) is 1. The normalized spacial score (nSPS) is 24.8. The van der Waals surface area contributed by atoms with Crippen molar-refractivity contribution in [2.45, 2.75) is 50.2 Å². The fraction of sp³-hybridized carbons (Fsp3) is 0.625. The van der Waals surface area contributed by atoms with Crippen LogP contribution in [0.3, 0.4) is 0 Å². The molecule has 0 bridgehead atoms. The second-order valence-corrected chi connectivity index (χ2v) is 5.75. The first-order valence-electron chi connectivity index (χ1n) is 7.38. The lowest BCUT2D eigenvalue weighted by molar-refractivity contribution is -0.0508. The Kier molecular flexibility index (Phi) is 3.65. The van der Waals surface area contributed by atoms with E-state index in [-0.39, 0.29) is 11.7 Å². The number of nitrogens with one attached hydrogen (secondary N) is 1. The molecule has 2 aliphatic rings. The van der Waals surface area contributed by atoms with Crippen molar-refractivity contribution in [1.29, 1.82) is 0 Å². The third kappa shape index (κ3) is 2.86. The van der Waals surface area contributed by atoms with Crippen molar-refractivity contribution in [2.24, 2.45) is 0 Å². The molecule has 0 amide bonds. The van der Waals surface area contributed by atoms with Gasteiger partial charge in [-0.15, -0.1) is 0 Å². The molecule has 1 aliphatic carbocycles. The van der Waals surface area contributed by atoms with Crippen LogP contribution >= 0.6 is 0 Å². The molecule has 104 valence electrons. The molecule has 2 fully saturated rings. The predicted octanol–water partition coefficient (Wildman–Crippen LogP) is 3.60. The summed E-state index contributed by atoms with van der Waals surface area (Å²) in [5, 5.41) is 3.10. The predicted molar refractivity (Wildman–Crippen MR) is 76.8 cm³/mol. The van der Waals surface area contributed by atoms with Gasteiger partial charge in [-0.3, -0.25) is 0 Å². The van der Waals surface area contributed by atoms with Crippen LogP contribution < -0.4 is 10.1 Å². The molecule has 1 atom stereocenters. The second kappa shape index (κ2) is 5.41. The van der Waals surface area contributed by atoms with Gasteiger partial charge in [0, 0.05) is 12.7 Å². The highest BCUT2D eigenvalue weighted by atomic mass is 16.6. The summed E-state index contributed by atoms with van der Waals surface area (Å²) in [6, 6.07) is 8.07. The summed E-state index contributed by atoms with van der Waals surface area (Å²) < 4.78 is 12.1. The van der Waals surface area contributed by atoms with Crippen LogP contribution in [0.4, 0.5) is 5.69 Å². The SMILES string of the molecule is CNc1ccc(OCC2CCC3(CCCC3)O2)cc1. The minimum absolute atomic E-state index is 0.212. The van der Waals surface area contributed by atoms with E-state index < -0.39 is 0 Å². The zero-order valence-corrected chi connectivity index (χ0v) is 11.7. The molecule has 1 saturated carbocycles. The first-order chi connectivity index (χ1) is 9.30. The molecule has 3 heteroatoms. The summed E-state index contributed by atoms with van der Waals surface area (Å²) in [5.41, 5.74) is 1.32. The first-order valence-corrected chi connectivity index (χ1v) is 7.38. The molecule has 0 aromatic heterocycles. The van der Waals surface area contributed by atoms with E-state index in [0.29, 0.717) is 6.61 Å². The molecule has 1 N–H and O–H groups in total. The fourth-order valence-corrected chi connectivity index (χ4v) is 3.31. The van der Waals surface area contributed by atoms with Gasteiger partial charge in [-0.05, 0) is 49.9 Å². The second-order valence-electron chi connectivity index (χ2n) is 5.75. The van der Waals surface area contributed by atoms with Crippen molar-refractivity contribution in [2.75, 3.05) is 19.0 Å². The molecule has 1 aromatic carbocycles. The van der Waals surface area contributed by atoms with Crippen LogP contribution in [0, 0.1) is 0 Å². The van der Waals surface area contributed by atoms with Gasteiger partial charge in [-0.25, -0.2) is 0 Å². The van der Waals surface area contributed by atoms with E-state index in [2.05, 4.69) is 5.32 Å². The average molecular weight is 261 g/mol. The summed E-state index contributed by atoms with van der Waals surface area (Å²) in [7, 11) is 1.92. The van der Waals surface area contributed by atoms with Crippen LogP contribution in [0.2, 0.25) is 0 Å². The molecule has 1 heterocycles. The van der Waals surface area contributed by atoms with Gasteiger partial charge in [0.15, 0.2) is 0 Å². The standard InChI is InChI=1S/C16H23NO2/c1-17-13-4-6-14(7-5-13)18-12-15-8-11-16(19-15)9-2-3-10-16/h4-7,15,17H,2-3,8-12H2,1H3. The zero-order chi connectivity index (χ0) is 13.1. The fourth-order valence-electron chi connectivity index (χ4n) is 3.31. The topological polar surface area (TPSA) is 30.5 Å². The van der Waals surface area contributed by atoms with E-state index in [1.165, 1.54) is 32.1 Å². The molecular formula is C16H23NO2. The van der Waals surface area contributed by atoms with Gasteiger partial charge in [0.2, 0.25) is 0 Å². The molecule has 1 unspecified atom stereocenters. The van der Waals surface area contributed by atoms with E-state index in [1.807, 2.05) is 31.3 Å². The molecule has 1 saturated heterocycles. The Bertz CT molecular complexity index is 409. The van der Waals surface area contributed by atoms with Gasteiger partial charge in [-0.2, -0.15) is 0 Å². The number of benzene rings is 1. The van der Waals surface area contributed by atoms with Crippen molar-refractivity contribution < 1.29 is 9.47 Å². The Morgan fingerprint density at radius 3 is 2.63 bits per heavy atom. The molecule has 3 rings (SSSR count). The smallest absolute Gasteiger partial charge is 0.119 e. The lowest BCUT2D eigenvalue weighted by Crippen LogP contribution is -2.27. The van der Waals surface area contributed by atoms with Gasteiger partial charge in [0.25, 0.3) is 0 Å². The van der Waals surface area contributed by atoms with Crippen LogP contribution in [0.25, 0.3) is 0 Å². The maximum atomic E-state index is 6.24. The third-order valence-electron chi connectivity index (χ3n) is 4.43. The lowest BCUT2D eigenvalue weighted by atomic mass is 9.98. The molecule has 3 nitrogen and oxygen atoms in total. The van der Waals surface area contributed by atoms with Crippen LogP contribution in [-0.4, -0.2) is 25.4 Å². The zero-order valence-electron chi connectivity index (χ0n) is 11.7. The van der Waals surface area contributed by atoms with Gasteiger partial charge >= 0.3 is 0 Å². The number of ether oxygens (including phenoxy) is 2. The van der Waals surface area contributed by atoms with E-state index in [4.69, 9.17) is 9.47 Å². The van der Waals surface area contributed by atoms with Crippen molar-refractivity contribution >= 4 is 5.69 Å². The number of rotatable bonds is 4. The van der Waals surface area contributed by atoms with E-state index in [0.717, 1.165) is 17.9 Å². The first kappa shape index (κ1) is 12.8. The van der Waals surface area contributed by atoms with Gasteiger partial charge in [0.1, 0.15) is 12.4 Å². The Hall–Kier alpha value is -1.22. The van der Waals surface area contributed by atoms with Crippen LogP contribution in [0.15, 0.2) is 24.3 Å². The van der Waals surface area contributed by atoms with Crippen molar-refractivity contribution in [3.63, 3.8) is 0 Å².